The van der Waals surface area contributed by atoms with E-state index in [0.717, 1.165) is 12.8 Å². The molecule has 0 bridgehead atoms. The third-order valence-electron chi connectivity index (χ3n) is 3.27. The van der Waals surface area contributed by atoms with Gasteiger partial charge in [-0.25, -0.2) is 8.42 Å². The Morgan fingerprint density at radius 2 is 2.16 bits per heavy atom. The summed E-state index contributed by atoms with van der Waals surface area (Å²) in [5, 5.41) is 8.77. The fraction of sp³-hybridized carbons (Fsp3) is 0.462. The molecular weight excluding hydrogens is 262 g/mol. The van der Waals surface area contributed by atoms with Crippen LogP contribution in [-0.2, 0) is 10.0 Å². The molecule has 0 unspecified atom stereocenters. The van der Waals surface area contributed by atoms with Crippen molar-refractivity contribution in [2.24, 2.45) is 5.92 Å². The third-order valence-corrected chi connectivity index (χ3v) is 5.28. The molecular formula is C13H17N3O2S. The normalized spacial score (nSPS) is 15.4. The van der Waals surface area contributed by atoms with Crippen LogP contribution < -0.4 is 5.73 Å². The van der Waals surface area contributed by atoms with Crippen LogP contribution in [0.25, 0.3) is 0 Å². The number of anilines is 1. The molecule has 5 nitrogen and oxygen atoms in total. The van der Waals surface area contributed by atoms with Gasteiger partial charge in [-0.2, -0.15) is 9.57 Å². The smallest absolute Gasteiger partial charge is 0.245 e. The Hall–Kier alpha value is -1.58. The number of benzene rings is 1. The lowest BCUT2D eigenvalue weighted by Gasteiger charge is -2.21. The van der Waals surface area contributed by atoms with E-state index in [9.17, 15) is 8.42 Å². The van der Waals surface area contributed by atoms with Crippen LogP contribution >= 0.6 is 0 Å². The molecule has 2 N–H and O–H groups in total. The van der Waals surface area contributed by atoms with Crippen molar-refractivity contribution in [2.45, 2.75) is 24.7 Å². The van der Waals surface area contributed by atoms with Crippen molar-refractivity contribution in [3.63, 3.8) is 0 Å². The molecule has 6 heteroatoms. The number of nitrogen functional groups attached to an aromatic ring is 1. The van der Waals surface area contributed by atoms with Crippen LogP contribution in [-0.4, -0.2) is 25.8 Å². The molecule has 0 amide bonds. The maximum atomic E-state index is 12.5. The molecule has 0 saturated heterocycles. The SMILES string of the molecule is CCN(CC1CC1)S(=O)(=O)c1ccc(C#N)cc1N. The first-order chi connectivity index (χ1) is 8.98. The van der Waals surface area contributed by atoms with Crippen LogP contribution in [0.4, 0.5) is 5.69 Å². The minimum absolute atomic E-state index is 0.0917. The van der Waals surface area contributed by atoms with Crippen molar-refractivity contribution in [3.8, 4) is 6.07 Å². The Bertz CT molecular complexity index is 615. The van der Waals surface area contributed by atoms with Crippen LogP contribution in [0.2, 0.25) is 0 Å². The van der Waals surface area contributed by atoms with E-state index < -0.39 is 10.0 Å². The van der Waals surface area contributed by atoms with Crippen molar-refractivity contribution < 1.29 is 8.42 Å². The summed E-state index contributed by atoms with van der Waals surface area (Å²) in [4.78, 5) is 0.0917. The van der Waals surface area contributed by atoms with Crippen molar-refractivity contribution in [2.75, 3.05) is 18.8 Å². The highest BCUT2D eigenvalue weighted by Crippen LogP contribution is 2.32. The first-order valence-corrected chi connectivity index (χ1v) is 7.72. The standard InChI is InChI=1S/C13H17N3O2S/c1-2-16(9-10-3-4-10)19(17,18)13-6-5-11(8-14)7-12(13)15/h5-7,10H,2-4,9,15H2,1H3. The van der Waals surface area contributed by atoms with Crippen molar-refractivity contribution in [1.29, 1.82) is 5.26 Å². The second kappa shape index (κ2) is 5.19. The van der Waals surface area contributed by atoms with Crippen LogP contribution in [0.1, 0.15) is 25.3 Å². The summed E-state index contributed by atoms with van der Waals surface area (Å²) in [7, 11) is -3.56. The summed E-state index contributed by atoms with van der Waals surface area (Å²) in [5.74, 6) is 0.481. The second-order valence-corrected chi connectivity index (χ2v) is 6.67. The Morgan fingerprint density at radius 1 is 1.47 bits per heavy atom. The molecule has 1 fully saturated rings. The molecule has 0 atom stereocenters. The molecule has 0 heterocycles. The second-order valence-electron chi connectivity index (χ2n) is 4.76. The van der Waals surface area contributed by atoms with Gasteiger partial charge in [0.05, 0.1) is 17.3 Å². The van der Waals surface area contributed by atoms with Crippen LogP contribution in [0, 0.1) is 17.2 Å². The van der Waals surface area contributed by atoms with Gasteiger partial charge in [0.15, 0.2) is 0 Å². The number of hydrogen-bond acceptors (Lipinski definition) is 4. The molecule has 19 heavy (non-hydrogen) atoms. The van der Waals surface area contributed by atoms with Gasteiger partial charge in [0, 0.05) is 13.1 Å². The number of nitriles is 1. The monoisotopic (exact) mass is 279 g/mol. The van der Waals surface area contributed by atoms with Crippen LogP contribution in [0.3, 0.4) is 0 Å². The summed E-state index contributed by atoms with van der Waals surface area (Å²) in [5.41, 5.74) is 6.26. The molecule has 1 saturated carbocycles. The van der Waals surface area contributed by atoms with Gasteiger partial charge in [-0.05, 0) is 37.0 Å². The average molecular weight is 279 g/mol. The average Bonchev–Trinajstić information content (AvgIpc) is 3.19. The Labute approximate surface area is 113 Å². The molecule has 0 aromatic heterocycles. The van der Waals surface area contributed by atoms with E-state index in [-0.39, 0.29) is 10.6 Å². The topological polar surface area (TPSA) is 87.2 Å². The van der Waals surface area contributed by atoms with E-state index in [4.69, 9.17) is 11.0 Å². The van der Waals surface area contributed by atoms with Gasteiger partial charge in [0.1, 0.15) is 4.90 Å². The maximum Gasteiger partial charge on any atom is 0.245 e. The van der Waals surface area contributed by atoms with Crippen molar-refractivity contribution >= 4 is 15.7 Å². The zero-order valence-electron chi connectivity index (χ0n) is 10.8. The summed E-state index contributed by atoms with van der Waals surface area (Å²) < 4.78 is 26.5. The van der Waals surface area contributed by atoms with Crippen LogP contribution in [0.5, 0.6) is 0 Å². The number of sulfonamides is 1. The highest BCUT2D eigenvalue weighted by atomic mass is 32.2. The third kappa shape index (κ3) is 2.88. The first kappa shape index (κ1) is 13.8. The quantitative estimate of drug-likeness (QED) is 0.829. The minimum atomic E-state index is -3.56. The molecule has 1 aromatic carbocycles. The largest absolute Gasteiger partial charge is 0.398 e. The predicted molar refractivity (Wildman–Crippen MR) is 72.7 cm³/mol. The summed E-state index contributed by atoms with van der Waals surface area (Å²) in [6, 6.07) is 6.24. The molecule has 1 aromatic rings. The fourth-order valence-corrected chi connectivity index (χ4v) is 3.60. The minimum Gasteiger partial charge on any atom is -0.398 e. The highest BCUT2D eigenvalue weighted by Gasteiger charge is 2.31. The van der Waals surface area contributed by atoms with E-state index in [1.54, 1.807) is 0 Å². The highest BCUT2D eigenvalue weighted by molar-refractivity contribution is 7.89. The molecule has 0 aliphatic heterocycles. The van der Waals surface area contributed by atoms with Crippen molar-refractivity contribution in [3.05, 3.63) is 23.8 Å². The number of rotatable bonds is 5. The van der Waals surface area contributed by atoms with Gasteiger partial charge < -0.3 is 5.73 Å². The lowest BCUT2D eigenvalue weighted by atomic mass is 10.2. The Kier molecular flexibility index (Phi) is 3.78. The Balaban J connectivity index is 2.34. The number of hydrogen-bond donors (Lipinski definition) is 1. The van der Waals surface area contributed by atoms with Gasteiger partial charge in [0.25, 0.3) is 0 Å². The Morgan fingerprint density at radius 3 is 2.63 bits per heavy atom. The maximum absolute atomic E-state index is 12.5. The molecule has 0 radical (unpaired) electrons. The first-order valence-electron chi connectivity index (χ1n) is 6.28. The molecule has 2 rings (SSSR count). The van der Waals surface area contributed by atoms with Gasteiger partial charge in [-0.1, -0.05) is 6.92 Å². The van der Waals surface area contributed by atoms with Gasteiger partial charge in [-0.3, -0.25) is 0 Å². The number of nitrogens with two attached hydrogens (primary N) is 1. The van der Waals surface area contributed by atoms with E-state index in [1.165, 1.54) is 22.5 Å². The fourth-order valence-electron chi connectivity index (χ4n) is 1.98. The lowest BCUT2D eigenvalue weighted by molar-refractivity contribution is 0.412. The van der Waals surface area contributed by atoms with E-state index in [1.807, 2.05) is 13.0 Å². The molecule has 1 aliphatic rings. The van der Waals surface area contributed by atoms with Crippen LogP contribution in [0.15, 0.2) is 23.1 Å². The summed E-state index contributed by atoms with van der Waals surface area (Å²) in [6.45, 7) is 2.80. The zero-order chi connectivity index (χ0) is 14.0. The molecule has 1 aliphatic carbocycles. The lowest BCUT2D eigenvalue weighted by Crippen LogP contribution is -2.33. The van der Waals surface area contributed by atoms with E-state index in [0.29, 0.717) is 24.6 Å². The predicted octanol–water partition coefficient (Wildman–Crippen LogP) is 1.56. The summed E-state index contributed by atoms with van der Waals surface area (Å²) >= 11 is 0. The van der Waals surface area contributed by atoms with E-state index >= 15 is 0 Å². The zero-order valence-corrected chi connectivity index (χ0v) is 11.7. The van der Waals surface area contributed by atoms with Crippen molar-refractivity contribution in [1.82, 2.24) is 4.31 Å². The van der Waals surface area contributed by atoms with Gasteiger partial charge >= 0.3 is 0 Å². The van der Waals surface area contributed by atoms with Gasteiger partial charge in [-0.15, -0.1) is 0 Å². The molecule has 0 spiro atoms. The van der Waals surface area contributed by atoms with E-state index in [2.05, 4.69) is 0 Å². The number of nitrogens with zero attached hydrogens (tertiary/aromatic N) is 2. The summed E-state index contributed by atoms with van der Waals surface area (Å²) in [6.07, 6.45) is 2.18. The molecule has 102 valence electrons. The van der Waals surface area contributed by atoms with Gasteiger partial charge in [0.2, 0.25) is 10.0 Å².